The van der Waals surface area contributed by atoms with Gasteiger partial charge in [0.25, 0.3) is 0 Å². The van der Waals surface area contributed by atoms with Crippen molar-refractivity contribution in [1.29, 1.82) is 0 Å². The highest BCUT2D eigenvalue weighted by atomic mass is 32.2. The van der Waals surface area contributed by atoms with Gasteiger partial charge in [0.2, 0.25) is 0 Å². The van der Waals surface area contributed by atoms with E-state index < -0.39 is 0 Å². The van der Waals surface area contributed by atoms with Crippen LogP contribution in [0.1, 0.15) is 48.0 Å². The zero-order chi connectivity index (χ0) is 12.0. The minimum atomic E-state index is 0.952. The highest BCUT2D eigenvalue weighted by molar-refractivity contribution is 8.06. The monoisotopic (exact) mass is 214 g/mol. The van der Waals surface area contributed by atoms with Crippen molar-refractivity contribution in [3.63, 3.8) is 0 Å². The summed E-state index contributed by atoms with van der Waals surface area (Å²) >= 11 is 1.65. The third kappa shape index (κ3) is 22.6. The average Bonchev–Trinajstić information content (AvgIpc) is 2.20. The van der Waals surface area contributed by atoms with E-state index in [1.807, 2.05) is 47.6 Å². The lowest BCUT2D eigenvalue weighted by molar-refractivity contribution is 1.36. The molecule has 0 aliphatic carbocycles. The van der Waals surface area contributed by atoms with E-state index in [1.165, 1.54) is 0 Å². The molecule has 0 bridgehead atoms. The van der Waals surface area contributed by atoms with Crippen LogP contribution in [0.25, 0.3) is 0 Å². The van der Waals surface area contributed by atoms with Gasteiger partial charge in [-0.2, -0.15) is 0 Å². The number of hydrogen-bond acceptors (Lipinski definition) is 1. The van der Waals surface area contributed by atoms with Crippen molar-refractivity contribution in [2.75, 3.05) is 0 Å². The fourth-order valence-corrected chi connectivity index (χ4v) is 1.21. The summed E-state index contributed by atoms with van der Waals surface area (Å²) in [5.41, 5.74) is 0. The third-order valence-corrected chi connectivity index (χ3v) is 1.70. The van der Waals surface area contributed by atoms with Gasteiger partial charge in [-0.3, -0.25) is 0 Å². The van der Waals surface area contributed by atoms with Gasteiger partial charge in [0.15, 0.2) is 0 Å². The van der Waals surface area contributed by atoms with Crippen LogP contribution < -0.4 is 0 Å². The van der Waals surface area contributed by atoms with Gasteiger partial charge < -0.3 is 0 Å². The van der Waals surface area contributed by atoms with Gasteiger partial charge >= 0.3 is 0 Å². The molecular formula is C13H26S. The number of allylic oxidation sites excluding steroid dienone is 4. The molecule has 0 spiro atoms. The van der Waals surface area contributed by atoms with E-state index in [9.17, 15) is 0 Å². The van der Waals surface area contributed by atoms with Gasteiger partial charge in [-0.25, -0.2) is 0 Å². The van der Waals surface area contributed by atoms with Crippen LogP contribution in [0.3, 0.4) is 0 Å². The van der Waals surface area contributed by atoms with Crippen LogP contribution in [-0.4, -0.2) is 0 Å². The minimum absolute atomic E-state index is 0.952. The molecule has 0 heterocycles. The molecule has 0 aliphatic heterocycles. The second-order valence-corrected chi connectivity index (χ2v) is 3.59. The predicted octanol–water partition coefficient (Wildman–Crippen LogP) is 5.79. The van der Waals surface area contributed by atoms with Crippen molar-refractivity contribution in [2.45, 2.75) is 48.0 Å². The Bertz CT molecular complexity index is 155. The first-order valence-electron chi connectivity index (χ1n) is 5.29. The van der Waals surface area contributed by atoms with E-state index in [1.54, 1.807) is 11.8 Å². The molecule has 14 heavy (non-hydrogen) atoms. The standard InChI is InChI=1S/C9H14S.2C2H6/c1-5-6-7-9(4)10-8(2)3;2*1-2/h5-6H,2,4,7H2,1,3H3;2*1-2H3/b6-5+;;. The molecule has 84 valence electrons. The molecule has 0 atom stereocenters. The first-order valence-corrected chi connectivity index (χ1v) is 6.10. The molecule has 0 aliphatic rings. The largest absolute Gasteiger partial charge is 0.100 e. The second kappa shape index (κ2) is 18.4. The van der Waals surface area contributed by atoms with Gasteiger partial charge in [-0.15, -0.1) is 11.8 Å². The maximum Gasteiger partial charge on any atom is -0.00399 e. The Hall–Kier alpha value is -0.430. The van der Waals surface area contributed by atoms with Crippen LogP contribution in [0.2, 0.25) is 0 Å². The minimum Gasteiger partial charge on any atom is -0.100 e. The van der Waals surface area contributed by atoms with E-state index in [0.29, 0.717) is 0 Å². The quantitative estimate of drug-likeness (QED) is 0.534. The van der Waals surface area contributed by atoms with Crippen LogP contribution >= 0.6 is 11.8 Å². The number of thioether (sulfide) groups is 1. The van der Waals surface area contributed by atoms with E-state index in [4.69, 9.17) is 0 Å². The Kier molecular flexibility index (Phi) is 25.2. The molecule has 0 saturated carbocycles. The Morgan fingerprint density at radius 2 is 1.57 bits per heavy atom. The number of rotatable bonds is 4. The first kappa shape index (κ1) is 19.2. The topological polar surface area (TPSA) is 0 Å². The van der Waals surface area contributed by atoms with Crippen molar-refractivity contribution in [2.24, 2.45) is 0 Å². The maximum absolute atomic E-state index is 3.88. The van der Waals surface area contributed by atoms with E-state index in [-0.39, 0.29) is 0 Å². The van der Waals surface area contributed by atoms with E-state index in [0.717, 1.165) is 16.2 Å². The normalized spacial score (nSPS) is 8.14. The molecule has 0 fully saturated rings. The fraction of sp³-hybridized carbons (Fsp3) is 0.538. The zero-order valence-corrected chi connectivity index (χ0v) is 11.5. The van der Waals surface area contributed by atoms with Crippen LogP contribution in [-0.2, 0) is 0 Å². The van der Waals surface area contributed by atoms with Crippen molar-refractivity contribution in [3.8, 4) is 0 Å². The molecule has 0 radical (unpaired) electrons. The van der Waals surface area contributed by atoms with Crippen LogP contribution in [0.15, 0.2) is 35.1 Å². The Morgan fingerprint density at radius 1 is 1.14 bits per heavy atom. The van der Waals surface area contributed by atoms with Gasteiger partial charge in [-0.1, -0.05) is 53.0 Å². The molecule has 1 heteroatoms. The molecule has 0 unspecified atom stereocenters. The summed E-state index contributed by atoms with van der Waals surface area (Å²) in [6, 6.07) is 0. The van der Waals surface area contributed by atoms with Crippen LogP contribution in [0.5, 0.6) is 0 Å². The molecular weight excluding hydrogens is 188 g/mol. The molecule has 0 saturated heterocycles. The summed E-state index contributed by atoms with van der Waals surface area (Å²) in [5, 5.41) is 0. The summed E-state index contributed by atoms with van der Waals surface area (Å²) in [6.07, 6.45) is 5.08. The molecule has 0 nitrogen and oxygen atoms in total. The summed E-state index contributed by atoms with van der Waals surface area (Å²) in [6.45, 7) is 19.7. The molecule has 0 aromatic heterocycles. The Morgan fingerprint density at radius 3 is 1.86 bits per heavy atom. The zero-order valence-electron chi connectivity index (χ0n) is 10.7. The fourth-order valence-electron chi connectivity index (χ4n) is 0.537. The molecule has 0 rings (SSSR count). The average molecular weight is 214 g/mol. The highest BCUT2D eigenvalue weighted by Crippen LogP contribution is 2.24. The van der Waals surface area contributed by atoms with Crippen molar-refractivity contribution < 1.29 is 0 Å². The molecule has 0 aromatic carbocycles. The second-order valence-electron chi connectivity index (χ2n) is 2.12. The highest BCUT2D eigenvalue weighted by Gasteiger charge is 1.90. The lowest BCUT2D eigenvalue weighted by Gasteiger charge is -1.98. The molecule has 0 N–H and O–H groups in total. The number of hydrogen-bond donors (Lipinski definition) is 0. The summed E-state index contributed by atoms with van der Waals surface area (Å²) in [7, 11) is 0. The molecule has 0 amide bonds. The van der Waals surface area contributed by atoms with Gasteiger partial charge in [0.1, 0.15) is 0 Å². The van der Waals surface area contributed by atoms with Crippen molar-refractivity contribution >= 4 is 11.8 Å². The lowest BCUT2D eigenvalue weighted by Crippen LogP contribution is -1.70. The van der Waals surface area contributed by atoms with Crippen LogP contribution in [0, 0.1) is 0 Å². The van der Waals surface area contributed by atoms with Gasteiger partial charge in [0.05, 0.1) is 0 Å². The Balaban J connectivity index is -0.000000266. The summed E-state index contributed by atoms with van der Waals surface area (Å²) in [5.74, 6) is 0. The van der Waals surface area contributed by atoms with Crippen LogP contribution in [0.4, 0.5) is 0 Å². The van der Waals surface area contributed by atoms with E-state index >= 15 is 0 Å². The van der Waals surface area contributed by atoms with Gasteiger partial charge in [0, 0.05) is 0 Å². The summed E-state index contributed by atoms with van der Waals surface area (Å²) < 4.78 is 0. The summed E-state index contributed by atoms with van der Waals surface area (Å²) in [4.78, 5) is 2.26. The smallest absolute Gasteiger partial charge is 0.00399 e. The van der Waals surface area contributed by atoms with E-state index in [2.05, 4.69) is 19.2 Å². The SMILES string of the molecule is C=C(C)SC(=C)C/C=C/C.CC.CC. The Labute approximate surface area is 95.2 Å². The maximum atomic E-state index is 3.88. The first-order chi connectivity index (χ1) is 6.66. The lowest BCUT2D eigenvalue weighted by atomic mass is 10.4. The van der Waals surface area contributed by atoms with Crippen molar-refractivity contribution in [1.82, 2.24) is 0 Å². The predicted molar refractivity (Wildman–Crippen MR) is 73.7 cm³/mol. The van der Waals surface area contributed by atoms with Gasteiger partial charge in [-0.05, 0) is 30.1 Å². The third-order valence-electron chi connectivity index (χ3n) is 0.900. The molecule has 0 aromatic rings. The van der Waals surface area contributed by atoms with Crippen molar-refractivity contribution in [3.05, 3.63) is 35.1 Å².